The molecule has 2 aromatic rings. The fourth-order valence-electron chi connectivity index (χ4n) is 4.21. The van der Waals surface area contributed by atoms with Gasteiger partial charge in [0.2, 0.25) is 0 Å². The quantitative estimate of drug-likeness (QED) is 0.441. The Morgan fingerprint density at radius 1 is 0.923 bits per heavy atom. The number of rotatable bonds is 6. The third-order valence-corrected chi connectivity index (χ3v) is 5.89. The minimum absolute atomic E-state index is 0.288. The average molecular weight is 351 g/mol. The molecule has 138 valence electrons. The molecule has 26 heavy (non-hydrogen) atoms. The van der Waals surface area contributed by atoms with E-state index in [1.165, 1.54) is 49.7 Å². The van der Waals surface area contributed by atoms with Gasteiger partial charge >= 0.3 is 5.97 Å². The summed E-state index contributed by atoms with van der Waals surface area (Å²) in [7, 11) is 0. The van der Waals surface area contributed by atoms with Gasteiger partial charge < -0.3 is 4.74 Å². The number of carbonyl (C=O) groups excluding carboxylic acids is 1. The Hall–Kier alpha value is -2.09. The summed E-state index contributed by atoms with van der Waals surface area (Å²) in [5.74, 6) is 0.335. The van der Waals surface area contributed by atoms with Crippen LogP contribution in [0.3, 0.4) is 0 Å². The standard InChI is InChI=1S/C24H30O2/c1-3-8-19-9-11-20(12-10-19)23(25)26-22-15-13-21(14-16-22)24(4-2)17-6-5-7-18-24/h9-16H,3-8,17-18H2,1-2H3. The molecule has 2 nitrogen and oxygen atoms in total. The second-order valence-corrected chi connectivity index (χ2v) is 7.56. The maximum atomic E-state index is 12.4. The van der Waals surface area contributed by atoms with Gasteiger partial charge in [-0.25, -0.2) is 4.79 Å². The zero-order valence-electron chi connectivity index (χ0n) is 16.1. The molecule has 0 bridgehead atoms. The van der Waals surface area contributed by atoms with Crippen LogP contribution in [-0.2, 0) is 11.8 Å². The lowest BCUT2D eigenvalue weighted by Crippen LogP contribution is -2.28. The highest BCUT2D eigenvalue weighted by atomic mass is 16.5. The zero-order valence-corrected chi connectivity index (χ0v) is 16.1. The SMILES string of the molecule is CCCc1ccc(C(=O)Oc2ccc(C3(CC)CCCCC3)cc2)cc1. The smallest absolute Gasteiger partial charge is 0.343 e. The van der Waals surface area contributed by atoms with E-state index in [9.17, 15) is 4.79 Å². The fraction of sp³-hybridized carbons (Fsp3) is 0.458. The summed E-state index contributed by atoms with van der Waals surface area (Å²) >= 11 is 0. The van der Waals surface area contributed by atoms with Crippen molar-refractivity contribution < 1.29 is 9.53 Å². The number of esters is 1. The second-order valence-electron chi connectivity index (χ2n) is 7.56. The van der Waals surface area contributed by atoms with Crippen molar-refractivity contribution in [2.45, 2.75) is 70.6 Å². The number of ether oxygens (including phenoxy) is 1. The molecule has 1 saturated carbocycles. The van der Waals surface area contributed by atoms with Gasteiger partial charge in [0.1, 0.15) is 5.75 Å². The van der Waals surface area contributed by atoms with Crippen LogP contribution in [0.15, 0.2) is 48.5 Å². The first-order valence-corrected chi connectivity index (χ1v) is 10.1. The lowest BCUT2D eigenvalue weighted by Gasteiger charge is -2.37. The molecule has 0 aromatic heterocycles. The van der Waals surface area contributed by atoms with Gasteiger partial charge in [0.25, 0.3) is 0 Å². The highest BCUT2D eigenvalue weighted by Crippen LogP contribution is 2.42. The third kappa shape index (κ3) is 4.17. The first-order valence-electron chi connectivity index (χ1n) is 10.1. The molecule has 0 spiro atoms. The van der Waals surface area contributed by atoms with Crippen molar-refractivity contribution in [3.05, 3.63) is 65.2 Å². The molecule has 0 N–H and O–H groups in total. The molecule has 0 saturated heterocycles. The topological polar surface area (TPSA) is 26.3 Å². The first-order chi connectivity index (χ1) is 12.7. The molecule has 1 aliphatic carbocycles. The summed E-state index contributed by atoms with van der Waals surface area (Å²) in [6.45, 7) is 4.45. The van der Waals surface area contributed by atoms with Gasteiger partial charge in [-0.05, 0) is 66.5 Å². The number of carbonyl (C=O) groups is 1. The number of hydrogen-bond donors (Lipinski definition) is 0. The monoisotopic (exact) mass is 350 g/mol. The summed E-state index contributed by atoms with van der Waals surface area (Å²) in [6, 6.07) is 15.9. The third-order valence-electron chi connectivity index (χ3n) is 5.89. The van der Waals surface area contributed by atoms with Crippen LogP contribution in [-0.4, -0.2) is 5.97 Å². The van der Waals surface area contributed by atoms with E-state index in [0.717, 1.165) is 12.8 Å². The van der Waals surface area contributed by atoms with Crippen molar-refractivity contribution in [1.82, 2.24) is 0 Å². The van der Waals surface area contributed by atoms with E-state index >= 15 is 0 Å². The van der Waals surface area contributed by atoms with Gasteiger partial charge in [-0.2, -0.15) is 0 Å². The van der Waals surface area contributed by atoms with Gasteiger partial charge in [0.15, 0.2) is 0 Å². The second kappa shape index (κ2) is 8.53. The van der Waals surface area contributed by atoms with Gasteiger partial charge in [0, 0.05) is 0 Å². The maximum Gasteiger partial charge on any atom is 0.343 e. The van der Waals surface area contributed by atoms with Crippen LogP contribution in [0, 0.1) is 0 Å². The Morgan fingerprint density at radius 2 is 1.58 bits per heavy atom. The summed E-state index contributed by atoms with van der Waals surface area (Å²) < 4.78 is 5.57. The summed E-state index contributed by atoms with van der Waals surface area (Å²) in [4.78, 5) is 12.4. The fourth-order valence-corrected chi connectivity index (χ4v) is 4.21. The van der Waals surface area contributed by atoms with Crippen molar-refractivity contribution in [2.24, 2.45) is 0 Å². The number of benzene rings is 2. The van der Waals surface area contributed by atoms with Crippen molar-refractivity contribution in [3.63, 3.8) is 0 Å². The zero-order chi connectivity index (χ0) is 18.4. The van der Waals surface area contributed by atoms with E-state index in [2.05, 4.69) is 26.0 Å². The van der Waals surface area contributed by atoms with Crippen LogP contribution in [0.1, 0.15) is 80.3 Å². The maximum absolute atomic E-state index is 12.4. The van der Waals surface area contributed by atoms with Crippen LogP contribution in [0.25, 0.3) is 0 Å². The first kappa shape index (κ1) is 18.7. The van der Waals surface area contributed by atoms with Crippen molar-refractivity contribution in [2.75, 3.05) is 0 Å². The van der Waals surface area contributed by atoms with Crippen molar-refractivity contribution >= 4 is 5.97 Å². The Bertz CT molecular complexity index is 707. The molecular formula is C24H30O2. The number of aryl methyl sites for hydroxylation is 1. The molecule has 0 amide bonds. The molecule has 3 rings (SSSR count). The van der Waals surface area contributed by atoms with Crippen molar-refractivity contribution in [3.8, 4) is 5.75 Å². The van der Waals surface area contributed by atoms with E-state index in [1.54, 1.807) is 0 Å². The van der Waals surface area contributed by atoms with Gasteiger partial charge in [-0.1, -0.05) is 63.8 Å². The highest BCUT2D eigenvalue weighted by molar-refractivity contribution is 5.91. The van der Waals surface area contributed by atoms with E-state index in [1.807, 2.05) is 36.4 Å². The molecule has 2 heteroatoms. The molecule has 0 radical (unpaired) electrons. The highest BCUT2D eigenvalue weighted by Gasteiger charge is 2.31. The van der Waals surface area contributed by atoms with E-state index in [-0.39, 0.29) is 5.97 Å². The molecule has 0 atom stereocenters. The molecule has 2 aromatic carbocycles. The molecule has 1 aliphatic rings. The van der Waals surface area contributed by atoms with E-state index in [0.29, 0.717) is 16.7 Å². The average Bonchev–Trinajstić information content (AvgIpc) is 2.70. The van der Waals surface area contributed by atoms with E-state index in [4.69, 9.17) is 4.74 Å². The van der Waals surface area contributed by atoms with Crippen LogP contribution >= 0.6 is 0 Å². The van der Waals surface area contributed by atoms with Crippen LogP contribution in [0.5, 0.6) is 5.75 Å². The predicted octanol–water partition coefficient (Wildman–Crippen LogP) is 6.47. The number of hydrogen-bond acceptors (Lipinski definition) is 2. The Balaban J connectivity index is 1.67. The van der Waals surface area contributed by atoms with E-state index < -0.39 is 0 Å². The van der Waals surface area contributed by atoms with Crippen LogP contribution in [0.2, 0.25) is 0 Å². The van der Waals surface area contributed by atoms with Crippen molar-refractivity contribution in [1.29, 1.82) is 0 Å². The lowest BCUT2D eigenvalue weighted by molar-refractivity contribution is 0.0734. The van der Waals surface area contributed by atoms with Gasteiger partial charge in [0.05, 0.1) is 5.56 Å². The normalized spacial score (nSPS) is 16.2. The summed E-state index contributed by atoms with van der Waals surface area (Å²) in [5, 5.41) is 0. The largest absolute Gasteiger partial charge is 0.423 e. The predicted molar refractivity (Wildman–Crippen MR) is 107 cm³/mol. The molecule has 0 heterocycles. The molecule has 0 aliphatic heterocycles. The summed E-state index contributed by atoms with van der Waals surface area (Å²) in [6.07, 6.45) is 9.85. The summed E-state index contributed by atoms with van der Waals surface area (Å²) in [5.41, 5.74) is 3.57. The molecular weight excluding hydrogens is 320 g/mol. The van der Waals surface area contributed by atoms with Gasteiger partial charge in [-0.15, -0.1) is 0 Å². The van der Waals surface area contributed by atoms with Crippen LogP contribution < -0.4 is 4.74 Å². The van der Waals surface area contributed by atoms with Gasteiger partial charge in [-0.3, -0.25) is 0 Å². The molecule has 0 unspecified atom stereocenters. The Labute approximate surface area is 157 Å². The Kier molecular flexibility index (Phi) is 6.13. The van der Waals surface area contributed by atoms with Crippen LogP contribution in [0.4, 0.5) is 0 Å². The minimum atomic E-state index is -0.288. The lowest BCUT2D eigenvalue weighted by atomic mass is 9.68. The molecule has 1 fully saturated rings. The minimum Gasteiger partial charge on any atom is -0.423 e. The Morgan fingerprint density at radius 3 is 2.15 bits per heavy atom.